The molecule has 0 aliphatic rings. The highest BCUT2D eigenvalue weighted by Gasteiger charge is 2.12. The number of amides is 1. The summed E-state index contributed by atoms with van der Waals surface area (Å²) in [5.74, 6) is 0.0859. The van der Waals surface area contributed by atoms with Crippen molar-refractivity contribution >= 4 is 45.6 Å². The molecule has 0 fully saturated rings. The van der Waals surface area contributed by atoms with Crippen LogP contribution in [-0.2, 0) is 0 Å². The Kier molecular flexibility index (Phi) is 8.41. The second-order valence-corrected chi connectivity index (χ2v) is 8.00. The minimum absolute atomic E-state index is 0.295. The van der Waals surface area contributed by atoms with E-state index < -0.39 is 5.97 Å². The maximum atomic E-state index is 12.4. The van der Waals surface area contributed by atoms with Crippen LogP contribution in [0.25, 0.3) is 0 Å². The number of carbonyl (C=O) groups excluding carboxylic acids is 2. The number of rotatable bonds is 8. The molecule has 3 aromatic carbocycles. The van der Waals surface area contributed by atoms with Crippen LogP contribution in [-0.4, -0.2) is 24.7 Å². The molecule has 0 aliphatic heterocycles. The van der Waals surface area contributed by atoms with Gasteiger partial charge in [0.25, 0.3) is 5.91 Å². The molecule has 1 amide bonds. The van der Waals surface area contributed by atoms with Gasteiger partial charge in [-0.15, -0.1) is 0 Å². The van der Waals surface area contributed by atoms with Crippen LogP contribution in [0.1, 0.15) is 39.6 Å². The molecule has 3 aromatic rings. The largest absolute Gasteiger partial charge is 0.494 e. The second kappa shape index (κ2) is 11.5. The van der Waals surface area contributed by atoms with Crippen molar-refractivity contribution in [3.8, 4) is 11.5 Å². The molecule has 0 radical (unpaired) electrons. The summed E-state index contributed by atoms with van der Waals surface area (Å²) >= 11 is 9.24. The Bertz CT molecular complexity index is 1120. The molecule has 0 bridgehead atoms. The number of nitrogens with zero attached hydrogens (tertiary/aromatic N) is 1. The molecule has 0 heterocycles. The molecule has 6 nitrogen and oxygen atoms in total. The SMILES string of the molecule is CCCOc1ccc(C(=O)NN=Cc2cc(Br)ccc2OC(=O)c2ccc(Cl)cc2)cc1. The second-order valence-electron chi connectivity index (χ2n) is 6.65. The highest BCUT2D eigenvalue weighted by Crippen LogP contribution is 2.23. The number of hydrogen-bond donors (Lipinski definition) is 1. The summed E-state index contributed by atoms with van der Waals surface area (Å²) in [5.41, 5.74) is 3.77. The normalized spacial score (nSPS) is 10.7. The first-order valence-corrected chi connectivity index (χ1v) is 11.0. The zero-order valence-corrected chi connectivity index (χ0v) is 19.5. The first-order chi connectivity index (χ1) is 15.5. The number of hydrazone groups is 1. The van der Waals surface area contributed by atoms with Crippen LogP contribution in [0.3, 0.4) is 0 Å². The average Bonchev–Trinajstić information content (AvgIpc) is 2.80. The van der Waals surface area contributed by atoms with Gasteiger partial charge in [-0.05, 0) is 73.2 Å². The molecular formula is C24H20BrClN2O4. The van der Waals surface area contributed by atoms with Gasteiger partial charge in [0, 0.05) is 20.6 Å². The summed E-state index contributed by atoms with van der Waals surface area (Å²) in [4.78, 5) is 24.8. The fourth-order valence-electron chi connectivity index (χ4n) is 2.61. The van der Waals surface area contributed by atoms with Crippen molar-refractivity contribution in [1.29, 1.82) is 0 Å². The zero-order valence-electron chi connectivity index (χ0n) is 17.2. The van der Waals surface area contributed by atoms with Crippen molar-refractivity contribution in [2.45, 2.75) is 13.3 Å². The van der Waals surface area contributed by atoms with Crippen molar-refractivity contribution in [1.82, 2.24) is 5.43 Å². The molecular weight excluding hydrogens is 496 g/mol. The van der Waals surface area contributed by atoms with Gasteiger partial charge in [0.05, 0.1) is 18.4 Å². The van der Waals surface area contributed by atoms with Crippen LogP contribution >= 0.6 is 27.5 Å². The number of benzene rings is 3. The number of nitrogens with one attached hydrogen (secondary N) is 1. The molecule has 0 saturated heterocycles. The summed E-state index contributed by atoms with van der Waals surface area (Å²) in [7, 11) is 0. The Hall–Kier alpha value is -3.16. The maximum Gasteiger partial charge on any atom is 0.343 e. The minimum Gasteiger partial charge on any atom is -0.494 e. The number of ether oxygens (including phenoxy) is 2. The number of carbonyl (C=O) groups is 2. The Morgan fingerprint density at radius 2 is 1.72 bits per heavy atom. The summed E-state index contributed by atoms with van der Waals surface area (Å²) in [5, 5.41) is 4.52. The Balaban J connectivity index is 1.67. The predicted octanol–water partition coefficient (Wildman–Crippen LogP) is 5.87. The van der Waals surface area contributed by atoms with E-state index in [1.807, 2.05) is 6.92 Å². The smallest absolute Gasteiger partial charge is 0.343 e. The lowest BCUT2D eigenvalue weighted by Gasteiger charge is -2.08. The number of hydrogen-bond acceptors (Lipinski definition) is 5. The van der Waals surface area contributed by atoms with Crippen LogP contribution in [0.2, 0.25) is 5.02 Å². The first-order valence-electron chi connectivity index (χ1n) is 9.80. The van der Waals surface area contributed by atoms with E-state index >= 15 is 0 Å². The van der Waals surface area contributed by atoms with Crippen LogP contribution in [0.4, 0.5) is 0 Å². The van der Waals surface area contributed by atoms with E-state index in [2.05, 4.69) is 26.5 Å². The third-order valence-electron chi connectivity index (χ3n) is 4.21. The molecule has 1 N–H and O–H groups in total. The average molecular weight is 516 g/mol. The maximum absolute atomic E-state index is 12.4. The van der Waals surface area contributed by atoms with Gasteiger partial charge in [-0.25, -0.2) is 10.2 Å². The minimum atomic E-state index is -0.534. The first kappa shape index (κ1) is 23.5. The van der Waals surface area contributed by atoms with Crippen LogP contribution in [0.15, 0.2) is 76.3 Å². The van der Waals surface area contributed by atoms with E-state index in [0.717, 1.165) is 10.9 Å². The molecule has 0 atom stereocenters. The van der Waals surface area contributed by atoms with Gasteiger partial charge >= 0.3 is 5.97 Å². The summed E-state index contributed by atoms with van der Waals surface area (Å²) < 4.78 is 11.8. The Morgan fingerprint density at radius 1 is 1.03 bits per heavy atom. The van der Waals surface area contributed by atoms with Gasteiger partial charge in [-0.2, -0.15) is 5.10 Å². The Labute approximate surface area is 199 Å². The molecule has 0 saturated carbocycles. The lowest BCUT2D eigenvalue weighted by atomic mass is 10.2. The molecule has 0 aliphatic carbocycles. The molecule has 164 valence electrons. The van der Waals surface area contributed by atoms with Crippen LogP contribution in [0.5, 0.6) is 11.5 Å². The van der Waals surface area contributed by atoms with E-state index in [9.17, 15) is 9.59 Å². The zero-order chi connectivity index (χ0) is 22.9. The van der Waals surface area contributed by atoms with E-state index in [0.29, 0.717) is 39.8 Å². The van der Waals surface area contributed by atoms with Gasteiger partial charge in [0.15, 0.2) is 0 Å². The highest BCUT2D eigenvalue weighted by molar-refractivity contribution is 9.10. The van der Waals surface area contributed by atoms with Crippen LogP contribution < -0.4 is 14.9 Å². The fourth-order valence-corrected chi connectivity index (χ4v) is 3.11. The fraction of sp³-hybridized carbons (Fsp3) is 0.125. The van der Waals surface area contributed by atoms with E-state index in [-0.39, 0.29) is 5.91 Å². The van der Waals surface area contributed by atoms with Gasteiger partial charge in [-0.1, -0.05) is 34.5 Å². The summed E-state index contributed by atoms with van der Waals surface area (Å²) in [6.45, 7) is 2.64. The quantitative estimate of drug-likeness (QED) is 0.176. The molecule has 32 heavy (non-hydrogen) atoms. The highest BCUT2D eigenvalue weighted by atomic mass is 79.9. The van der Waals surface area contributed by atoms with Gasteiger partial charge in [0.2, 0.25) is 0 Å². The van der Waals surface area contributed by atoms with Crippen molar-refractivity contribution in [2.75, 3.05) is 6.61 Å². The number of halogens is 2. The summed E-state index contributed by atoms with van der Waals surface area (Å²) in [6, 6.07) is 18.3. The van der Waals surface area contributed by atoms with Crippen molar-refractivity contribution < 1.29 is 19.1 Å². The van der Waals surface area contributed by atoms with E-state index in [4.69, 9.17) is 21.1 Å². The lowest BCUT2D eigenvalue weighted by molar-refractivity contribution is 0.0734. The van der Waals surface area contributed by atoms with Gasteiger partial charge in [0.1, 0.15) is 11.5 Å². The van der Waals surface area contributed by atoms with Crippen molar-refractivity contribution in [3.05, 3.63) is 92.9 Å². The molecule has 0 aromatic heterocycles. The molecule has 8 heteroatoms. The van der Waals surface area contributed by atoms with Gasteiger partial charge < -0.3 is 9.47 Å². The number of esters is 1. The third-order valence-corrected chi connectivity index (χ3v) is 4.96. The Morgan fingerprint density at radius 3 is 2.41 bits per heavy atom. The van der Waals surface area contributed by atoms with Crippen molar-refractivity contribution in [3.63, 3.8) is 0 Å². The topological polar surface area (TPSA) is 77.0 Å². The third kappa shape index (κ3) is 6.67. The molecule has 0 unspecified atom stereocenters. The molecule has 3 rings (SSSR count). The standard InChI is InChI=1S/C24H20BrClN2O4/c1-2-13-31-21-10-5-16(6-11-21)23(29)28-27-15-18-14-19(25)7-12-22(18)32-24(30)17-3-8-20(26)9-4-17/h3-12,14-15H,2,13H2,1H3,(H,28,29). The monoisotopic (exact) mass is 514 g/mol. The predicted molar refractivity (Wildman–Crippen MR) is 128 cm³/mol. The van der Waals surface area contributed by atoms with Crippen LogP contribution in [0, 0.1) is 0 Å². The molecule has 0 spiro atoms. The van der Waals surface area contributed by atoms with E-state index in [1.54, 1.807) is 66.7 Å². The lowest BCUT2D eigenvalue weighted by Crippen LogP contribution is -2.17. The van der Waals surface area contributed by atoms with Gasteiger partial charge in [-0.3, -0.25) is 4.79 Å². The van der Waals surface area contributed by atoms with Crippen molar-refractivity contribution in [2.24, 2.45) is 5.10 Å². The van der Waals surface area contributed by atoms with E-state index in [1.165, 1.54) is 6.21 Å². The summed E-state index contributed by atoms with van der Waals surface area (Å²) in [6.07, 6.45) is 2.31.